The zero-order valence-electron chi connectivity index (χ0n) is 12.0. The Morgan fingerprint density at radius 3 is 2.85 bits per heavy atom. The third kappa shape index (κ3) is 2.33. The number of aromatic nitrogens is 3. The minimum atomic E-state index is -0.0432. The molecule has 0 spiro atoms. The lowest BCUT2D eigenvalue weighted by atomic mass is 10.3. The molecule has 0 bridgehead atoms. The first-order valence-electron chi connectivity index (χ1n) is 6.76. The van der Waals surface area contributed by atoms with Crippen molar-refractivity contribution >= 4 is 5.91 Å². The van der Waals surface area contributed by atoms with Crippen molar-refractivity contribution in [3.8, 4) is 0 Å². The van der Waals surface area contributed by atoms with E-state index >= 15 is 0 Å². The molecule has 1 aliphatic carbocycles. The summed E-state index contributed by atoms with van der Waals surface area (Å²) in [6.07, 6.45) is 2.25. The van der Waals surface area contributed by atoms with Crippen molar-refractivity contribution in [3.05, 3.63) is 35.2 Å². The second-order valence-corrected chi connectivity index (χ2v) is 5.40. The van der Waals surface area contributed by atoms with E-state index in [2.05, 4.69) is 10.1 Å². The summed E-state index contributed by atoms with van der Waals surface area (Å²) in [7, 11) is 3.63. The molecule has 2 heterocycles. The largest absolute Gasteiger partial charge is 0.344 e. The molecular formula is C14H18N4O2. The number of carbonyl (C=O) groups is 1. The molecule has 0 N–H and O–H groups in total. The van der Waals surface area contributed by atoms with Crippen molar-refractivity contribution in [2.75, 3.05) is 7.05 Å². The number of hydrogen-bond donors (Lipinski definition) is 0. The van der Waals surface area contributed by atoms with Crippen LogP contribution in [-0.2, 0) is 13.6 Å². The van der Waals surface area contributed by atoms with Gasteiger partial charge >= 0.3 is 0 Å². The summed E-state index contributed by atoms with van der Waals surface area (Å²) >= 11 is 0. The maximum Gasteiger partial charge on any atom is 0.270 e. The first-order valence-corrected chi connectivity index (χ1v) is 6.76. The van der Waals surface area contributed by atoms with Gasteiger partial charge in [0.2, 0.25) is 5.89 Å². The maximum absolute atomic E-state index is 12.4. The van der Waals surface area contributed by atoms with Gasteiger partial charge in [-0.25, -0.2) is 0 Å². The van der Waals surface area contributed by atoms with E-state index in [4.69, 9.17) is 4.52 Å². The van der Waals surface area contributed by atoms with E-state index in [0.29, 0.717) is 29.9 Å². The number of amides is 1. The fourth-order valence-electron chi connectivity index (χ4n) is 2.14. The number of aryl methyl sites for hydroxylation is 1. The van der Waals surface area contributed by atoms with Gasteiger partial charge in [-0.3, -0.25) is 4.79 Å². The Morgan fingerprint density at radius 2 is 2.25 bits per heavy atom. The van der Waals surface area contributed by atoms with Crippen LogP contribution in [-0.4, -0.2) is 32.6 Å². The minimum absolute atomic E-state index is 0.0432. The number of rotatable bonds is 4. The van der Waals surface area contributed by atoms with E-state index in [1.54, 1.807) is 11.9 Å². The smallest absolute Gasteiger partial charge is 0.270 e. The van der Waals surface area contributed by atoms with Gasteiger partial charge in [-0.2, -0.15) is 4.98 Å². The van der Waals surface area contributed by atoms with Gasteiger partial charge in [-0.05, 0) is 31.9 Å². The lowest BCUT2D eigenvalue weighted by Gasteiger charge is -2.15. The summed E-state index contributed by atoms with van der Waals surface area (Å²) in [4.78, 5) is 18.3. The van der Waals surface area contributed by atoms with E-state index in [0.717, 1.165) is 18.5 Å². The number of carbonyl (C=O) groups excluding carboxylic acids is 1. The Labute approximate surface area is 117 Å². The standard InChI is InChI=1S/C14H18N4O2/c1-9-4-7-11(18(9)3)14(19)17(2)8-12-15-13(20-16-12)10-5-6-10/h4,7,10H,5-6,8H2,1-3H3. The summed E-state index contributed by atoms with van der Waals surface area (Å²) < 4.78 is 7.08. The van der Waals surface area contributed by atoms with Crippen molar-refractivity contribution in [2.24, 2.45) is 7.05 Å². The molecule has 2 aromatic heterocycles. The van der Waals surface area contributed by atoms with Crippen LogP contribution in [0.3, 0.4) is 0 Å². The van der Waals surface area contributed by atoms with Crippen molar-refractivity contribution < 1.29 is 9.32 Å². The van der Waals surface area contributed by atoms with Crippen molar-refractivity contribution in [1.29, 1.82) is 0 Å². The molecule has 3 rings (SSSR count). The second-order valence-electron chi connectivity index (χ2n) is 5.40. The van der Waals surface area contributed by atoms with E-state index < -0.39 is 0 Å². The third-order valence-electron chi connectivity index (χ3n) is 3.73. The average molecular weight is 274 g/mol. The normalized spacial score (nSPS) is 14.6. The van der Waals surface area contributed by atoms with Crippen LogP contribution in [0, 0.1) is 6.92 Å². The van der Waals surface area contributed by atoms with Crippen LogP contribution >= 0.6 is 0 Å². The van der Waals surface area contributed by atoms with Crippen LogP contribution < -0.4 is 0 Å². The van der Waals surface area contributed by atoms with Gasteiger partial charge in [0, 0.05) is 25.7 Å². The zero-order valence-corrected chi connectivity index (χ0v) is 12.0. The van der Waals surface area contributed by atoms with E-state index in [1.807, 2.05) is 30.7 Å². The third-order valence-corrected chi connectivity index (χ3v) is 3.73. The Hall–Kier alpha value is -2.11. The second kappa shape index (κ2) is 4.77. The first-order chi connectivity index (χ1) is 9.56. The van der Waals surface area contributed by atoms with Gasteiger partial charge in [0.05, 0.1) is 6.54 Å². The Bertz CT molecular complexity index is 639. The first kappa shape index (κ1) is 12.9. The molecule has 0 aromatic carbocycles. The molecule has 1 aliphatic rings. The lowest BCUT2D eigenvalue weighted by Crippen LogP contribution is -2.28. The molecule has 20 heavy (non-hydrogen) atoms. The summed E-state index contributed by atoms with van der Waals surface area (Å²) in [5.41, 5.74) is 1.72. The van der Waals surface area contributed by atoms with Gasteiger partial charge in [0.15, 0.2) is 5.82 Å². The fourth-order valence-corrected chi connectivity index (χ4v) is 2.14. The molecule has 1 fully saturated rings. The molecule has 0 unspecified atom stereocenters. The Kier molecular flexibility index (Phi) is 3.08. The van der Waals surface area contributed by atoms with Gasteiger partial charge in [0.25, 0.3) is 5.91 Å². The highest BCUT2D eigenvalue weighted by molar-refractivity contribution is 5.92. The van der Waals surface area contributed by atoms with Gasteiger partial charge in [-0.15, -0.1) is 0 Å². The molecule has 6 nitrogen and oxygen atoms in total. The summed E-state index contributed by atoms with van der Waals surface area (Å²) in [5, 5.41) is 3.93. The monoisotopic (exact) mass is 274 g/mol. The zero-order chi connectivity index (χ0) is 14.3. The summed E-state index contributed by atoms with van der Waals surface area (Å²) in [6, 6.07) is 3.76. The average Bonchev–Trinajstić information content (AvgIpc) is 3.10. The quantitative estimate of drug-likeness (QED) is 0.853. The highest BCUT2D eigenvalue weighted by Gasteiger charge is 2.30. The summed E-state index contributed by atoms with van der Waals surface area (Å²) in [5.74, 6) is 1.66. The predicted octanol–water partition coefficient (Wildman–Crippen LogP) is 1.87. The molecule has 0 aliphatic heterocycles. The molecule has 0 saturated heterocycles. The summed E-state index contributed by atoms with van der Waals surface area (Å²) in [6.45, 7) is 2.33. The molecule has 0 atom stereocenters. The molecule has 1 amide bonds. The van der Waals surface area contributed by atoms with Crippen molar-refractivity contribution in [3.63, 3.8) is 0 Å². The Balaban J connectivity index is 1.70. The van der Waals surface area contributed by atoms with Gasteiger partial charge < -0.3 is 14.0 Å². The molecule has 6 heteroatoms. The van der Waals surface area contributed by atoms with Gasteiger partial charge in [-0.1, -0.05) is 5.16 Å². The molecule has 106 valence electrons. The fraction of sp³-hybridized carbons (Fsp3) is 0.500. The minimum Gasteiger partial charge on any atom is -0.344 e. The van der Waals surface area contributed by atoms with E-state index in [9.17, 15) is 4.79 Å². The van der Waals surface area contributed by atoms with Gasteiger partial charge in [0.1, 0.15) is 5.69 Å². The molecule has 0 radical (unpaired) electrons. The van der Waals surface area contributed by atoms with E-state index in [1.165, 1.54) is 0 Å². The molecule has 2 aromatic rings. The van der Waals surface area contributed by atoms with Crippen molar-refractivity contribution in [1.82, 2.24) is 19.6 Å². The molecular weight excluding hydrogens is 256 g/mol. The van der Waals surface area contributed by atoms with Crippen LogP contribution in [0.25, 0.3) is 0 Å². The van der Waals surface area contributed by atoms with Crippen LogP contribution in [0.1, 0.15) is 46.7 Å². The highest BCUT2D eigenvalue weighted by atomic mass is 16.5. The van der Waals surface area contributed by atoms with Crippen LogP contribution in [0.4, 0.5) is 0 Å². The van der Waals surface area contributed by atoms with E-state index in [-0.39, 0.29) is 5.91 Å². The van der Waals surface area contributed by atoms with Crippen molar-refractivity contribution in [2.45, 2.75) is 32.2 Å². The lowest BCUT2D eigenvalue weighted by molar-refractivity contribution is 0.0771. The van der Waals surface area contributed by atoms with Crippen LogP contribution in [0.15, 0.2) is 16.7 Å². The maximum atomic E-state index is 12.4. The highest BCUT2D eigenvalue weighted by Crippen LogP contribution is 2.38. The SMILES string of the molecule is Cc1ccc(C(=O)N(C)Cc2noc(C3CC3)n2)n1C. The molecule has 1 saturated carbocycles. The topological polar surface area (TPSA) is 64.2 Å². The Morgan fingerprint density at radius 1 is 1.50 bits per heavy atom. The predicted molar refractivity (Wildman–Crippen MR) is 72.2 cm³/mol. The van der Waals surface area contributed by atoms with Crippen LogP contribution in [0.5, 0.6) is 0 Å². The van der Waals surface area contributed by atoms with Crippen LogP contribution in [0.2, 0.25) is 0 Å². The number of hydrogen-bond acceptors (Lipinski definition) is 4. The number of nitrogens with zero attached hydrogens (tertiary/aromatic N) is 4.